The zero-order valence-corrected chi connectivity index (χ0v) is 11.1. The molecule has 1 amide bonds. The van der Waals surface area contributed by atoms with Crippen LogP contribution in [0.15, 0.2) is 0 Å². The maximum Gasteiger partial charge on any atom is 0.246 e. The Morgan fingerprint density at radius 1 is 1.12 bits per heavy atom. The fourth-order valence-corrected chi connectivity index (χ4v) is 1.16. The molecule has 2 N–H and O–H groups in total. The molecule has 16 heavy (non-hydrogen) atoms. The summed E-state index contributed by atoms with van der Waals surface area (Å²) in [5.74, 6) is -0.0245. The molecule has 4 heteroatoms. The molecule has 0 aliphatic carbocycles. The van der Waals surface area contributed by atoms with Crippen molar-refractivity contribution in [3.8, 4) is 0 Å². The molecule has 0 heterocycles. The number of nitrogens with one attached hydrogen (secondary N) is 2. The van der Waals surface area contributed by atoms with Crippen molar-refractivity contribution in [2.75, 3.05) is 26.7 Å². The van der Waals surface area contributed by atoms with E-state index in [-0.39, 0.29) is 18.1 Å². The minimum Gasteiger partial charge on any atom is -0.366 e. The van der Waals surface area contributed by atoms with Gasteiger partial charge in [0.25, 0.3) is 0 Å². The summed E-state index contributed by atoms with van der Waals surface area (Å²) >= 11 is 0. The Labute approximate surface area is 99.1 Å². The molecule has 0 aliphatic heterocycles. The molecule has 0 atom stereocenters. The van der Waals surface area contributed by atoms with Gasteiger partial charge in [0.1, 0.15) is 6.61 Å². The van der Waals surface area contributed by atoms with E-state index in [2.05, 4.69) is 10.6 Å². The first-order chi connectivity index (χ1) is 7.45. The van der Waals surface area contributed by atoms with E-state index >= 15 is 0 Å². The van der Waals surface area contributed by atoms with Gasteiger partial charge in [0.15, 0.2) is 0 Å². The van der Waals surface area contributed by atoms with E-state index in [0.717, 1.165) is 32.4 Å². The average molecular weight is 230 g/mol. The Morgan fingerprint density at radius 3 is 2.31 bits per heavy atom. The predicted octanol–water partition coefficient (Wildman–Crippen LogP) is 1.31. The maximum atomic E-state index is 11.3. The number of amides is 1. The van der Waals surface area contributed by atoms with Gasteiger partial charge in [-0.05, 0) is 47.2 Å². The Balaban J connectivity index is 3.31. The van der Waals surface area contributed by atoms with E-state index in [4.69, 9.17) is 4.74 Å². The van der Waals surface area contributed by atoms with E-state index in [0.29, 0.717) is 0 Å². The zero-order chi connectivity index (χ0) is 12.4. The van der Waals surface area contributed by atoms with Gasteiger partial charge in [-0.3, -0.25) is 4.79 Å². The van der Waals surface area contributed by atoms with Gasteiger partial charge in [0.05, 0.1) is 5.60 Å². The standard InChI is InChI=1S/C12H26N2O2/c1-12(2,3)16-10-11(15)14-9-7-5-6-8-13-4/h13H,5-10H2,1-4H3,(H,14,15). The van der Waals surface area contributed by atoms with E-state index < -0.39 is 0 Å². The Morgan fingerprint density at radius 2 is 1.75 bits per heavy atom. The Hall–Kier alpha value is -0.610. The van der Waals surface area contributed by atoms with Crippen LogP contribution in [0.5, 0.6) is 0 Å². The third-order valence-electron chi connectivity index (χ3n) is 2.06. The normalized spacial score (nSPS) is 11.5. The van der Waals surface area contributed by atoms with Gasteiger partial charge >= 0.3 is 0 Å². The lowest BCUT2D eigenvalue weighted by Crippen LogP contribution is -2.32. The molecular weight excluding hydrogens is 204 g/mol. The van der Waals surface area contributed by atoms with E-state index in [1.807, 2.05) is 27.8 Å². The molecule has 0 rings (SSSR count). The van der Waals surface area contributed by atoms with Crippen LogP contribution in [0.25, 0.3) is 0 Å². The number of carbonyl (C=O) groups excluding carboxylic acids is 1. The van der Waals surface area contributed by atoms with Gasteiger partial charge in [-0.15, -0.1) is 0 Å². The third kappa shape index (κ3) is 11.5. The number of rotatable bonds is 8. The molecule has 0 spiro atoms. The number of carbonyl (C=O) groups is 1. The van der Waals surface area contributed by atoms with Crippen LogP contribution in [-0.4, -0.2) is 38.3 Å². The second kappa shape index (κ2) is 8.53. The molecule has 0 aromatic rings. The number of hydrogen-bond acceptors (Lipinski definition) is 3. The Kier molecular flexibility index (Phi) is 8.21. The fourth-order valence-electron chi connectivity index (χ4n) is 1.16. The second-order valence-corrected chi connectivity index (χ2v) is 4.92. The van der Waals surface area contributed by atoms with Crippen molar-refractivity contribution >= 4 is 5.91 Å². The summed E-state index contributed by atoms with van der Waals surface area (Å²) in [4.78, 5) is 11.3. The monoisotopic (exact) mass is 230 g/mol. The van der Waals surface area contributed by atoms with E-state index in [1.165, 1.54) is 0 Å². The molecular formula is C12H26N2O2. The predicted molar refractivity (Wildman–Crippen MR) is 66.5 cm³/mol. The minimum atomic E-state index is -0.246. The van der Waals surface area contributed by atoms with Crippen molar-refractivity contribution in [1.82, 2.24) is 10.6 Å². The quantitative estimate of drug-likeness (QED) is 0.618. The lowest BCUT2D eigenvalue weighted by Gasteiger charge is -2.18. The van der Waals surface area contributed by atoms with Gasteiger partial charge in [0.2, 0.25) is 5.91 Å². The molecule has 0 fully saturated rings. The highest BCUT2D eigenvalue weighted by atomic mass is 16.5. The lowest BCUT2D eigenvalue weighted by molar-refractivity contribution is -0.130. The van der Waals surface area contributed by atoms with Crippen LogP contribution >= 0.6 is 0 Å². The SMILES string of the molecule is CNCCCCCNC(=O)COC(C)(C)C. The van der Waals surface area contributed by atoms with Crippen LogP contribution in [0.1, 0.15) is 40.0 Å². The second-order valence-electron chi connectivity index (χ2n) is 4.92. The molecule has 0 unspecified atom stereocenters. The van der Waals surface area contributed by atoms with Crippen molar-refractivity contribution in [3.05, 3.63) is 0 Å². The molecule has 0 aliphatic rings. The molecule has 0 aromatic heterocycles. The topological polar surface area (TPSA) is 50.4 Å². The fraction of sp³-hybridized carbons (Fsp3) is 0.917. The highest BCUT2D eigenvalue weighted by Crippen LogP contribution is 2.05. The molecule has 96 valence electrons. The third-order valence-corrected chi connectivity index (χ3v) is 2.06. The van der Waals surface area contributed by atoms with Gasteiger partial charge in [0, 0.05) is 6.54 Å². The van der Waals surface area contributed by atoms with Gasteiger partial charge < -0.3 is 15.4 Å². The average Bonchev–Trinajstić information content (AvgIpc) is 2.19. The van der Waals surface area contributed by atoms with E-state index in [1.54, 1.807) is 0 Å². The van der Waals surface area contributed by atoms with Crippen molar-refractivity contribution in [2.45, 2.75) is 45.6 Å². The number of hydrogen-bond donors (Lipinski definition) is 2. The van der Waals surface area contributed by atoms with Gasteiger partial charge in [-0.2, -0.15) is 0 Å². The summed E-state index contributed by atoms with van der Waals surface area (Å²) < 4.78 is 5.36. The van der Waals surface area contributed by atoms with Crippen molar-refractivity contribution < 1.29 is 9.53 Å². The summed E-state index contributed by atoms with van der Waals surface area (Å²) in [6.45, 7) is 7.77. The van der Waals surface area contributed by atoms with Crippen LogP contribution in [0, 0.1) is 0 Å². The van der Waals surface area contributed by atoms with Gasteiger partial charge in [-0.25, -0.2) is 0 Å². The number of ether oxygens (including phenoxy) is 1. The maximum absolute atomic E-state index is 11.3. The molecule has 0 saturated carbocycles. The van der Waals surface area contributed by atoms with Crippen LogP contribution in [0.4, 0.5) is 0 Å². The largest absolute Gasteiger partial charge is 0.366 e. The summed E-state index contributed by atoms with van der Waals surface area (Å²) in [7, 11) is 1.95. The first-order valence-electron chi connectivity index (χ1n) is 6.01. The summed E-state index contributed by atoms with van der Waals surface area (Å²) in [5, 5.41) is 5.94. The first-order valence-corrected chi connectivity index (χ1v) is 6.01. The zero-order valence-electron chi connectivity index (χ0n) is 11.1. The number of unbranched alkanes of at least 4 members (excludes halogenated alkanes) is 2. The summed E-state index contributed by atoms with van der Waals surface area (Å²) in [6, 6.07) is 0. The first kappa shape index (κ1) is 15.4. The molecule has 4 nitrogen and oxygen atoms in total. The lowest BCUT2D eigenvalue weighted by atomic mass is 10.2. The van der Waals surface area contributed by atoms with Crippen molar-refractivity contribution in [1.29, 1.82) is 0 Å². The summed E-state index contributed by atoms with van der Waals surface area (Å²) in [5.41, 5.74) is -0.246. The minimum absolute atomic E-state index is 0.0245. The van der Waals surface area contributed by atoms with Crippen molar-refractivity contribution in [2.24, 2.45) is 0 Å². The summed E-state index contributed by atoms with van der Waals surface area (Å²) in [6.07, 6.45) is 3.33. The van der Waals surface area contributed by atoms with Crippen LogP contribution in [-0.2, 0) is 9.53 Å². The van der Waals surface area contributed by atoms with Crippen LogP contribution in [0.3, 0.4) is 0 Å². The molecule has 0 saturated heterocycles. The van der Waals surface area contributed by atoms with Gasteiger partial charge in [-0.1, -0.05) is 6.42 Å². The van der Waals surface area contributed by atoms with Crippen LogP contribution in [0.2, 0.25) is 0 Å². The van der Waals surface area contributed by atoms with Crippen LogP contribution < -0.4 is 10.6 Å². The Bertz CT molecular complexity index is 188. The molecule has 0 bridgehead atoms. The highest BCUT2D eigenvalue weighted by Gasteiger charge is 2.12. The smallest absolute Gasteiger partial charge is 0.246 e. The highest BCUT2D eigenvalue weighted by molar-refractivity contribution is 5.77. The molecule has 0 radical (unpaired) electrons. The van der Waals surface area contributed by atoms with Crippen molar-refractivity contribution in [3.63, 3.8) is 0 Å². The molecule has 0 aromatic carbocycles. The van der Waals surface area contributed by atoms with E-state index in [9.17, 15) is 4.79 Å².